The van der Waals surface area contributed by atoms with Gasteiger partial charge in [0, 0.05) is 79.7 Å². The van der Waals surface area contributed by atoms with Crippen LogP contribution in [0.15, 0.2) is 76.9 Å². The molecule has 11 nitrogen and oxygen atoms in total. The van der Waals surface area contributed by atoms with Crippen LogP contribution >= 0.6 is 0 Å². The van der Waals surface area contributed by atoms with E-state index in [1.807, 2.05) is 24.4 Å². The van der Waals surface area contributed by atoms with Crippen LogP contribution in [0.4, 0.5) is 0 Å². The number of H-pyrrole nitrogens is 1. The maximum atomic E-state index is 14.8. The number of aromatic nitrogens is 2. The average Bonchev–Trinajstić information content (AvgIpc) is 3.66. The number of hydrogen-bond donors (Lipinski definition) is 1. The highest BCUT2D eigenvalue weighted by atomic mass is 16.5. The highest BCUT2D eigenvalue weighted by molar-refractivity contribution is 6.10. The van der Waals surface area contributed by atoms with Crippen LogP contribution in [0.25, 0.3) is 21.8 Å². The van der Waals surface area contributed by atoms with Gasteiger partial charge in [-0.1, -0.05) is 30.4 Å². The fourth-order valence-electron chi connectivity index (χ4n) is 11.1. The second-order valence-electron chi connectivity index (χ2n) is 16.6. The van der Waals surface area contributed by atoms with Crippen LogP contribution in [-0.4, -0.2) is 81.8 Å². The predicted octanol–water partition coefficient (Wildman–Crippen LogP) is 7.97. The second-order valence-corrected chi connectivity index (χ2v) is 16.6. The number of carbonyl (C=O) groups excluding carboxylic acids is 4. The van der Waals surface area contributed by atoms with Gasteiger partial charge < -0.3 is 29.0 Å². The van der Waals surface area contributed by atoms with E-state index in [1.165, 1.54) is 26.3 Å². The van der Waals surface area contributed by atoms with Crippen LogP contribution < -0.4 is 4.74 Å². The van der Waals surface area contributed by atoms with Crippen molar-refractivity contribution in [3.8, 4) is 5.75 Å². The number of piperidine rings is 1. The van der Waals surface area contributed by atoms with E-state index in [1.54, 1.807) is 19.9 Å². The summed E-state index contributed by atoms with van der Waals surface area (Å²) < 4.78 is 17.4. The number of rotatable bonds is 5. The molecule has 3 aromatic rings. The Morgan fingerprint density at radius 2 is 1.67 bits per heavy atom. The topological polar surface area (TPSA) is 131 Å². The Balaban J connectivity index is 1.40. The summed E-state index contributed by atoms with van der Waals surface area (Å²) in [4.78, 5) is 65.8. The van der Waals surface area contributed by atoms with Crippen molar-refractivity contribution >= 4 is 45.5 Å². The molecule has 5 aliphatic rings. The molecule has 2 saturated heterocycles. The van der Waals surface area contributed by atoms with Gasteiger partial charge in [-0.25, -0.2) is 0 Å². The number of fused-ring (bicyclic) bond motifs is 5. The number of Topliss-reactive ketones (excluding diaryl/α,β-unsaturated/α-hetero) is 1. The molecule has 1 N–H and O–H groups in total. The number of nitrogens with zero attached hydrogens (tertiary/aromatic N) is 3. The lowest BCUT2D eigenvalue weighted by molar-refractivity contribution is -0.147. The zero-order valence-corrected chi connectivity index (χ0v) is 33.8. The SMILES string of the molecule is CC(=O)O/C(C)=C1\C[C@@H](OC(C)=O)CCCN2C1=C(C(C)=O)[C@@]13CN4CCCC/C=C\CCC(=C[C@@H](c5nccc6c5[nH]c5c(OC(C)=O)cccc56)[C@H]1CC4)[C@H]23. The fraction of sp³-hybridized carbons (Fsp3) is 0.500. The Labute approximate surface area is 334 Å². The Bertz CT molecular complexity index is 2260. The van der Waals surface area contributed by atoms with Gasteiger partial charge in [0.05, 0.1) is 28.5 Å². The summed E-state index contributed by atoms with van der Waals surface area (Å²) in [5.74, 6) is -0.400. The van der Waals surface area contributed by atoms with Gasteiger partial charge in [-0.05, 0) is 102 Å². The van der Waals surface area contributed by atoms with E-state index in [9.17, 15) is 19.2 Å². The van der Waals surface area contributed by atoms with Crippen molar-refractivity contribution in [1.82, 2.24) is 19.8 Å². The molecule has 1 unspecified atom stereocenters. The van der Waals surface area contributed by atoms with Crippen molar-refractivity contribution in [2.24, 2.45) is 11.3 Å². The first kappa shape index (κ1) is 38.8. The minimum atomic E-state index is -0.617. The van der Waals surface area contributed by atoms with Gasteiger partial charge in [-0.2, -0.15) is 0 Å². The van der Waals surface area contributed by atoms with Crippen molar-refractivity contribution in [2.75, 3.05) is 26.2 Å². The Hall–Kier alpha value is -5.03. The molecule has 1 aliphatic carbocycles. The third-order valence-corrected chi connectivity index (χ3v) is 12.9. The molecule has 0 radical (unpaired) electrons. The first-order chi connectivity index (χ1) is 27.5. The van der Waals surface area contributed by atoms with Crippen molar-refractivity contribution < 1.29 is 33.4 Å². The summed E-state index contributed by atoms with van der Waals surface area (Å²) in [7, 11) is 0. The van der Waals surface area contributed by atoms with Gasteiger partial charge in [-0.15, -0.1) is 0 Å². The lowest BCUT2D eigenvalue weighted by Gasteiger charge is -2.56. The summed E-state index contributed by atoms with van der Waals surface area (Å²) in [6, 6.07) is 7.66. The zero-order valence-electron chi connectivity index (χ0n) is 33.8. The van der Waals surface area contributed by atoms with E-state index in [0.29, 0.717) is 37.4 Å². The molecule has 4 aliphatic heterocycles. The van der Waals surface area contributed by atoms with Crippen molar-refractivity contribution in [1.29, 1.82) is 0 Å². The van der Waals surface area contributed by atoms with E-state index in [-0.39, 0.29) is 35.6 Å². The highest BCUT2D eigenvalue weighted by Crippen LogP contribution is 2.64. The van der Waals surface area contributed by atoms with Crippen LogP contribution in [0, 0.1) is 11.3 Å². The maximum absolute atomic E-state index is 14.8. The van der Waals surface area contributed by atoms with Crippen molar-refractivity contribution in [2.45, 2.75) is 110 Å². The number of ketones is 1. The van der Waals surface area contributed by atoms with Gasteiger partial charge in [-0.3, -0.25) is 24.2 Å². The van der Waals surface area contributed by atoms with E-state index in [4.69, 9.17) is 19.2 Å². The van der Waals surface area contributed by atoms with Gasteiger partial charge in [0.15, 0.2) is 11.5 Å². The van der Waals surface area contributed by atoms with E-state index < -0.39 is 17.5 Å². The summed E-state index contributed by atoms with van der Waals surface area (Å²) in [5.41, 5.74) is 5.62. The van der Waals surface area contributed by atoms with Gasteiger partial charge in [0.2, 0.25) is 0 Å². The van der Waals surface area contributed by atoms with Crippen LogP contribution in [-0.2, 0) is 28.7 Å². The number of pyridine rings is 1. The maximum Gasteiger partial charge on any atom is 0.308 e. The lowest BCUT2D eigenvalue weighted by Crippen LogP contribution is -2.61. The third-order valence-electron chi connectivity index (χ3n) is 12.9. The number of carbonyl (C=O) groups is 4. The number of benzene rings is 1. The summed E-state index contributed by atoms with van der Waals surface area (Å²) >= 11 is 0. The molecule has 2 aromatic heterocycles. The molecule has 3 bridgehead atoms. The highest BCUT2D eigenvalue weighted by Gasteiger charge is 2.64. The van der Waals surface area contributed by atoms with Crippen LogP contribution in [0.5, 0.6) is 5.75 Å². The minimum absolute atomic E-state index is 0.000163. The van der Waals surface area contributed by atoms with Crippen molar-refractivity contribution in [3.63, 3.8) is 0 Å². The number of para-hydroxylation sites is 1. The molecule has 0 saturated carbocycles. The largest absolute Gasteiger partial charge is 0.462 e. The molecular weight excluding hydrogens is 721 g/mol. The number of ether oxygens (including phenoxy) is 3. The number of nitrogens with one attached hydrogen (secondary N) is 1. The first-order valence-electron chi connectivity index (χ1n) is 20.7. The minimum Gasteiger partial charge on any atom is -0.462 e. The van der Waals surface area contributed by atoms with Crippen LogP contribution in [0.3, 0.4) is 0 Å². The standard InChI is InChI=1S/C46H54N4O7/c1-27(51)40-44-36(28(2)55-29(3)52)25-33(56-30(4)53)15-13-22-50(44)45-32-14-10-8-6-7-9-11-21-49-23-19-38(46(40,45)26-49)37(24-32)42-43-35(18-20-47-42)34-16-12-17-39(41(34)48-43)57-31(5)54/h6,8,12,16-18,20,24,33,37-38,45,48H,7,9-11,13-15,19,21-23,25-26H2,1-5H3/b8-6-,36-28+/t33-,37+,38+,45-,46+/m0/s1. The molecule has 8 rings (SSSR count). The van der Waals surface area contributed by atoms with Crippen LogP contribution in [0.1, 0.15) is 104 Å². The molecule has 0 amide bonds. The predicted molar refractivity (Wildman–Crippen MR) is 217 cm³/mol. The molecule has 6 atom stereocenters. The number of hydrogen-bond acceptors (Lipinski definition) is 10. The molecule has 1 aromatic carbocycles. The Morgan fingerprint density at radius 3 is 2.44 bits per heavy atom. The van der Waals surface area contributed by atoms with Gasteiger partial charge in [0.1, 0.15) is 11.9 Å². The number of esters is 3. The summed E-state index contributed by atoms with van der Waals surface area (Å²) in [5, 5.41) is 1.95. The first-order valence-corrected chi connectivity index (χ1v) is 20.7. The normalized spacial score (nSPS) is 29.1. The zero-order chi connectivity index (χ0) is 40.0. The van der Waals surface area contributed by atoms with Gasteiger partial charge in [0.25, 0.3) is 0 Å². The monoisotopic (exact) mass is 774 g/mol. The molecular formula is C46H54N4O7. The van der Waals surface area contributed by atoms with Crippen LogP contribution in [0.2, 0.25) is 0 Å². The molecule has 57 heavy (non-hydrogen) atoms. The Kier molecular flexibility index (Phi) is 10.7. The molecule has 11 heteroatoms. The van der Waals surface area contributed by atoms with Gasteiger partial charge >= 0.3 is 17.9 Å². The smallest absolute Gasteiger partial charge is 0.308 e. The summed E-state index contributed by atoms with van der Waals surface area (Å²) in [6.45, 7) is 11.0. The molecule has 1 spiro atoms. The van der Waals surface area contributed by atoms with E-state index in [2.05, 4.69) is 33.0 Å². The van der Waals surface area contributed by atoms with E-state index in [0.717, 1.165) is 102 Å². The van der Waals surface area contributed by atoms with E-state index >= 15 is 0 Å². The molecule has 2 fully saturated rings. The second kappa shape index (κ2) is 15.7. The number of aromatic amines is 1. The summed E-state index contributed by atoms with van der Waals surface area (Å²) in [6.07, 6.45) is 16.1. The lowest BCUT2D eigenvalue weighted by atomic mass is 9.53. The molecule has 6 heterocycles. The average molecular weight is 775 g/mol. The van der Waals surface area contributed by atoms with Crippen molar-refractivity contribution in [3.05, 3.63) is 82.6 Å². The molecule has 300 valence electrons. The quantitative estimate of drug-likeness (QED) is 0.118. The third kappa shape index (κ3) is 7.02. The fourth-order valence-corrected chi connectivity index (χ4v) is 11.1. The Morgan fingerprint density at radius 1 is 0.860 bits per heavy atom. The number of allylic oxidation sites excluding steroid dienone is 5.